The second-order valence-electron chi connectivity index (χ2n) is 5.27. The molecular weight excluding hydrogens is 345 g/mol. The van der Waals surface area contributed by atoms with Gasteiger partial charge < -0.3 is 10.2 Å². The molecule has 1 aromatic heterocycles. The Morgan fingerprint density at radius 2 is 2.18 bits per heavy atom. The van der Waals surface area contributed by atoms with E-state index >= 15 is 0 Å². The first kappa shape index (κ1) is 19.3. The van der Waals surface area contributed by atoms with Crippen LogP contribution in [0.15, 0.2) is 34.9 Å². The third kappa shape index (κ3) is 4.86. The van der Waals surface area contributed by atoms with Crippen LogP contribution in [0.4, 0.5) is 0 Å². The van der Waals surface area contributed by atoms with E-state index in [1.54, 1.807) is 6.20 Å². The molecular formula is C15H20Cl3N3O. The summed E-state index contributed by atoms with van der Waals surface area (Å²) in [7, 11) is 0. The van der Waals surface area contributed by atoms with Gasteiger partial charge in [0.15, 0.2) is 5.76 Å². The average Bonchev–Trinajstić information content (AvgIpc) is 2.87. The summed E-state index contributed by atoms with van der Waals surface area (Å²) in [4.78, 5) is 6.64. The smallest absolute Gasteiger partial charge is 0.209 e. The van der Waals surface area contributed by atoms with Crippen LogP contribution in [-0.4, -0.2) is 29.0 Å². The number of rotatable bonds is 3. The highest BCUT2D eigenvalue weighted by Gasteiger charge is 2.18. The highest BCUT2D eigenvalue weighted by atomic mass is 35.5. The summed E-state index contributed by atoms with van der Waals surface area (Å²) in [5.41, 5.74) is 6.93. The van der Waals surface area contributed by atoms with Crippen LogP contribution in [0, 0.1) is 0 Å². The lowest BCUT2D eigenvalue weighted by Gasteiger charge is -2.29. The third-order valence-corrected chi connectivity index (χ3v) is 3.80. The number of aromatic nitrogens is 1. The third-order valence-electron chi connectivity index (χ3n) is 3.56. The number of hydrogen-bond acceptors (Lipinski definition) is 4. The Labute approximate surface area is 147 Å². The van der Waals surface area contributed by atoms with Crippen molar-refractivity contribution in [3.05, 3.63) is 41.4 Å². The standard InChI is InChI=1S/C15H18ClN3O.2ClH/c16-12-4-1-3-11(7-12)14-8-18-15(20-14)10-19-6-2-5-13(17)9-19;;/h1,3-4,7-8,13H,2,5-6,9-10,17H2;2*1H/t13-;;/m1../s1. The van der Waals surface area contributed by atoms with Crippen molar-refractivity contribution in [2.75, 3.05) is 13.1 Å². The largest absolute Gasteiger partial charge is 0.439 e. The zero-order valence-electron chi connectivity index (χ0n) is 12.1. The fourth-order valence-corrected chi connectivity index (χ4v) is 2.78. The van der Waals surface area contributed by atoms with Gasteiger partial charge in [-0.3, -0.25) is 4.90 Å². The number of benzene rings is 1. The molecule has 2 aromatic rings. The van der Waals surface area contributed by atoms with Crippen molar-refractivity contribution in [2.45, 2.75) is 25.4 Å². The van der Waals surface area contributed by atoms with E-state index < -0.39 is 0 Å². The Hall–Kier alpha value is -0.780. The lowest BCUT2D eigenvalue weighted by Crippen LogP contribution is -2.42. The van der Waals surface area contributed by atoms with Gasteiger partial charge in [0.25, 0.3) is 0 Å². The molecule has 0 bridgehead atoms. The Balaban J connectivity index is 0.00000121. The summed E-state index contributed by atoms with van der Waals surface area (Å²) in [6.45, 7) is 2.69. The molecule has 3 rings (SSSR count). The first-order valence-corrected chi connectivity index (χ1v) is 7.27. The van der Waals surface area contributed by atoms with Crippen LogP contribution in [0.5, 0.6) is 0 Å². The quantitative estimate of drug-likeness (QED) is 0.901. The molecule has 22 heavy (non-hydrogen) atoms. The van der Waals surface area contributed by atoms with Gasteiger partial charge in [-0.1, -0.05) is 23.7 Å². The molecule has 1 aliphatic rings. The highest BCUT2D eigenvalue weighted by Crippen LogP contribution is 2.24. The number of nitrogens with two attached hydrogens (primary N) is 1. The lowest BCUT2D eigenvalue weighted by atomic mass is 10.1. The Bertz CT molecular complexity index is 591. The summed E-state index contributed by atoms with van der Waals surface area (Å²) in [5.74, 6) is 1.48. The zero-order chi connectivity index (χ0) is 13.9. The second kappa shape index (κ2) is 8.75. The summed E-state index contributed by atoms with van der Waals surface area (Å²) in [6.07, 6.45) is 4.00. The summed E-state index contributed by atoms with van der Waals surface area (Å²) in [5, 5.41) is 0.697. The van der Waals surface area contributed by atoms with Crippen LogP contribution >= 0.6 is 36.4 Å². The number of oxazole rings is 1. The zero-order valence-corrected chi connectivity index (χ0v) is 14.5. The first-order chi connectivity index (χ1) is 9.70. The van der Waals surface area contributed by atoms with Crippen molar-refractivity contribution in [3.8, 4) is 11.3 Å². The number of hydrogen-bond donors (Lipinski definition) is 1. The van der Waals surface area contributed by atoms with Crippen LogP contribution in [-0.2, 0) is 6.54 Å². The van der Waals surface area contributed by atoms with Crippen molar-refractivity contribution in [1.29, 1.82) is 0 Å². The maximum atomic E-state index is 5.99. The van der Waals surface area contributed by atoms with Gasteiger partial charge in [0.05, 0.1) is 12.7 Å². The summed E-state index contributed by atoms with van der Waals surface area (Å²) >= 11 is 5.99. The van der Waals surface area contributed by atoms with Gasteiger partial charge in [-0.05, 0) is 31.5 Å². The monoisotopic (exact) mass is 363 g/mol. The van der Waals surface area contributed by atoms with E-state index in [4.69, 9.17) is 21.8 Å². The van der Waals surface area contributed by atoms with Crippen molar-refractivity contribution >= 4 is 36.4 Å². The lowest BCUT2D eigenvalue weighted by molar-refractivity contribution is 0.185. The predicted octanol–water partition coefficient (Wildman–Crippen LogP) is 3.76. The van der Waals surface area contributed by atoms with Crippen molar-refractivity contribution in [3.63, 3.8) is 0 Å². The van der Waals surface area contributed by atoms with Crippen molar-refractivity contribution < 1.29 is 4.42 Å². The molecule has 4 nitrogen and oxygen atoms in total. The maximum absolute atomic E-state index is 5.99. The van der Waals surface area contributed by atoms with Crippen LogP contribution in [0.3, 0.4) is 0 Å². The van der Waals surface area contributed by atoms with E-state index in [0.717, 1.165) is 43.1 Å². The van der Waals surface area contributed by atoms with Crippen LogP contribution < -0.4 is 5.73 Å². The molecule has 1 aromatic carbocycles. The van der Waals surface area contributed by atoms with Gasteiger partial charge in [-0.25, -0.2) is 4.98 Å². The Morgan fingerprint density at radius 1 is 1.36 bits per heavy atom. The molecule has 1 fully saturated rings. The molecule has 1 aliphatic heterocycles. The maximum Gasteiger partial charge on any atom is 0.209 e. The topological polar surface area (TPSA) is 55.3 Å². The molecule has 7 heteroatoms. The van der Waals surface area contributed by atoms with Crippen LogP contribution in [0.25, 0.3) is 11.3 Å². The second-order valence-corrected chi connectivity index (χ2v) is 5.70. The van der Waals surface area contributed by atoms with Gasteiger partial charge in [-0.2, -0.15) is 0 Å². The van der Waals surface area contributed by atoms with Gasteiger partial charge in [0, 0.05) is 23.2 Å². The predicted molar refractivity (Wildman–Crippen MR) is 93.9 cm³/mol. The molecule has 2 heterocycles. The molecule has 2 N–H and O–H groups in total. The Kier molecular flexibility index (Phi) is 7.66. The highest BCUT2D eigenvalue weighted by molar-refractivity contribution is 6.30. The first-order valence-electron chi connectivity index (χ1n) is 6.89. The fourth-order valence-electron chi connectivity index (χ4n) is 2.58. The SMILES string of the molecule is Cl.Cl.N[C@@H]1CCCN(Cc2ncc(-c3cccc(Cl)c3)o2)C1. The van der Waals surface area contributed by atoms with E-state index in [9.17, 15) is 0 Å². The van der Waals surface area contributed by atoms with E-state index in [1.807, 2.05) is 24.3 Å². The summed E-state index contributed by atoms with van der Waals surface area (Å²) < 4.78 is 5.81. The number of halogens is 3. The van der Waals surface area contributed by atoms with Crippen molar-refractivity contribution in [2.24, 2.45) is 5.73 Å². The average molecular weight is 365 g/mol. The van der Waals surface area contributed by atoms with E-state index in [0.29, 0.717) is 11.6 Å². The molecule has 0 aliphatic carbocycles. The minimum atomic E-state index is 0. The molecule has 1 atom stereocenters. The molecule has 122 valence electrons. The van der Waals surface area contributed by atoms with E-state index in [1.165, 1.54) is 0 Å². The summed E-state index contributed by atoms with van der Waals surface area (Å²) in [6, 6.07) is 7.86. The normalized spacial score (nSPS) is 18.4. The Morgan fingerprint density at radius 3 is 2.91 bits per heavy atom. The van der Waals surface area contributed by atoms with Crippen LogP contribution in [0.1, 0.15) is 18.7 Å². The minimum absolute atomic E-state index is 0. The number of piperidine rings is 1. The minimum Gasteiger partial charge on any atom is -0.439 e. The van der Waals surface area contributed by atoms with Crippen LogP contribution in [0.2, 0.25) is 5.02 Å². The molecule has 1 saturated heterocycles. The molecule has 0 saturated carbocycles. The van der Waals surface area contributed by atoms with Gasteiger partial charge >= 0.3 is 0 Å². The van der Waals surface area contributed by atoms with Gasteiger partial charge in [-0.15, -0.1) is 24.8 Å². The molecule has 0 radical (unpaired) electrons. The van der Waals surface area contributed by atoms with Gasteiger partial charge in [0.1, 0.15) is 0 Å². The number of nitrogens with zero attached hydrogens (tertiary/aromatic N) is 2. The molecule has 0 amide bonds. The van der Waals surface area contributed by atoms with E-state index in [2.05, 4.69) is 9.88 Å². The van der Waals surface area contributed by atoms with Gasteiger partial charge in [0.2, 0.25) is 5.89 Å². The molecule has 0 unspecified atom stereocenters. The van der Waals surface area contributed by atoms with Crippen molar-refractivity contribution in [1.82, 2.24) is 9.88 Å². The van der Waals surface area contributed by atoms with E-state index in [-0.39, 0.29) is 30.9 Å². The number of likely N-dealkylation sites (tertiary alicyclic amines) is 1. The molecule has 0 spiro atoms. The fraction of sp³-hybridized carbons (Fsp3) is 0.400.